The Morgan fingerprint density at radius 1 is 1.27 bits per heavy atom. The van der Waals surface area contributed by atoms with Crippen molar-refractivity contribution in [2.75, 3.05) is 7.11 Å². The number of esters is 2. The fraction of sp³-hybridized carbons (Fsp3) is 0.412. The van der Waals surface area contributed by atoms with Crippen molar-refractivity contribution in [3.8, 4) is 5.75 Å². The molecule has 5 nitrogen and oxygen atoms in total. The van der Waals surface area contributed by atoms with E-state index in [0.717, 1.165) is 11.3 Å². The topological polar surface area (TPSA) is 61.8 Å². The van der Waals surface area contributed by atoms with Crippen molar-refractivity contribution in [2.24, 2.45) is 5.92 Å². The van der Waals surface area contributed by atoms with Crippen LogP contribution in [0.5, 0.6) is 5.75 Å². The Balaban J connectivity index is 1.87. The highest BCUT2D eigenvalue weighted by Crippen LogP contribution is 2.21. The average molecular weight is 304 g/mol. The number of allylic oxidation sites excluding steroid dienone is 1. The molecular formula is C17H20O5. The van der Waals surface area contributed by atoms with E-state index in [-0.39, 0.29) is 18.4 Å². The molecule has 2 unspecified atom stereocenters. The quantitative estimate of drug-likeness (QED) is 0.783. The molecule has 0 aliphatic carbocycles. The van der Waals surface area contributed by atoms with Gasteiger partial charge in [0, 0.05) is 6.42 Å². The van der Waals surface area contributed by atoms with Gasteiger partial charge in [-0.25, -0.2) is 0 Å². The van der Waals surface area contributed by atoms with Crippen LogP contribution in [-0.2, 0) is 25.5 Å². The van der Waals surface area contributed by atoms with Gasteiger partial charge in [-0.1, -0.05) is 12.1 Å². The molecule has 1 aromatic rings. The monoisotopic (exact) mass is 304 g/mol. The maximum atomic E-state index is 11.9. The Morgan fingerprint density at radius 3 is 2.59 bits per heavy atom. The summed E-state index contributed by atoms with van der Waals surface area (Å²) in [5.74, 6) is 0.0746. The molecule has 0 bridgehead atoms. The molecular weight excluding hydrogens is 284 g/mol. The minimum Gasteiger partial charge on any atom is -0.497 e. The van der Waals surface area contributed by atoms with Crippen LogP contribution >= 0.6 is 0 Å². The van der Waals surface area contributed by atoms with Crippen LogP contribution in [0, 0.1) is 5.92 Å². The average Bonchev–Trinajstić information content (AvgIpc) is 2.50. The summed E-state index contributed by atoms with van der Waals surface area (Å²) in [4.78, 5) is 23.5. The molecule has 0 fully saturated rings. The fourth-order valence-corrected chi connectivity index (χ4v) is 2.18. The number of ether oxygens (including phenoxy) is 3. The van der Waals surface area contributed by atoms with Crippen molar-refractivity contribution in [1.29, 1.82) is 0 Å². The third kappa shape index (κ3) is 4.10. The van der Waals surface area contributed by atoms with Gasteiger partial charge >= 0.3 is 11.9 Å². The molecule has 0 amide bonds. The van der Waals surface area contributed by atoms with Crippen LogP contribution in [0.4, 0.5) is 0 Å². The van der Waals surface area contributed by atoms with Gasteiger partial charge in [0.1, 0.15) is 17.6 Å². The first-order valence-electron chi connectivity index (χ1n) is 7.22. The molecule has 1 aliphatic heterocycles. The molecule has 2 rings (SSSR count). The van der Waals surface area contributed by atoms with Gasteiger partial charge in [-0.2, -0.15) is 0 Å². The molecule has 0 spiro atoms. The number of cyclic esters (lactones) is 1. The maximum Gasteiger partial charge on any atom is 0.317 e. The van der Waals surface area contributed by atoms with Crippen molar-refractivity contribution >= 4 is 11.9 Å². The van der Waals surface area contributed by atoms with E-state index in [0.29, 0.717) is 12.2 Å². The zero-order valence-corrected chi connectivity index (χ0v) is 13.0. The molecule has 0 radical (unpaired) electrons. The third-order valence-corrected chi connectivity index (χ3v) is 3.57. The van der Waals surface area contributed by atoms with Crippen molar-refractivity contribution in [3.63, 3.8) is 0 Å². The number of rotatable bonds is 5. The Hall–Kier alpha value is -2.30. The summed E-state index contributed by atoms with van der Waals surface area (Å²) in [5, 5.41) is 0. The Bertz CT molecular complexity index is 573. The summed E-state index contributed by atoms with van der Waals surface area (Å²) in [5.41, 5.74) is 1.03. The predicted molar refractivity (Wildman–Crippen MR) is 80.2 cm³/mol. The maximum absolute atomic E-state index is 11.9. The highest BCUT2D eigenvalue weighted by atomic mass is 16.6. The zero-order chi connectivity index (χ0) is 16.1. The van der Waals surface area contributed by atoms with Crippen LogP contribution in [-0.4, -0.2) is 25.2 Å². The number of carbonyl (C=O) groups is 2. The SMILES string of the molecule is COc1ccc(CCC(=O)OC2C=C(C)OC(=O)C2C)cc1. The van der Waals surface area contributed by atoms with Gasteiger partial charge in [0.05, 0.1) is 13.0 Å². The first-order chi connectivity index (χ1) is 10.5. The van der Waals surface area contributed by atoms with Crippen molar-refractivity contribution in [1.82, 2.24) is 0 Å². The second-order valence-electron chi connectivity index (χ2n) is 5.29. The summed E-state index contributed by atoms with van der Waals surface area (Å²) in [7, 11) is 1.61. The molecule has 0 N–H and O–H groups in total. The van der Waals surface area contributed by atoms with E-state index in [2.05, 4.69) is 0 Å². The second kappa shape index (κ2) is 7.11. The predicted octanol–water partition coefficient (Wildman–Crippen LogP) is 2.64. The van der Waals surface area contributed by atoms with E-state index in [1.165, 1.54) is 0 Å². The van der Waals surface area contributed by atoms with Crippen LogP contribution in [0.25, 0.3) is 0 Å². The molecule has 2 atom stereocenters. The third-order valence-electron chi connectivity index (χ3n) is 3.57. The minimum atomic E-state index is -0.551. The van der Waals surface area contributed by atoms with Gasteiger partial charge in [-0.3, -0.25) is 9.59 Å². The number of hydrogen-bond acceptors (Lipinski definition) is 5. The molecule has 22 heavy (non-hydrogen) atoms. The molecule has 1 aromatic carbocycles. The van der Waals surface area contributed by atoms with E-state index < -0.39 is 12.0 Å². The normalized spacial score (nSPS) is 20.9. The number of benzene rings is 1. The Labute approximate surface area is 129 Å². The highest BCUT2D eigenvalue weighted by Gasteiger charge is 2.31. The number of carbonyl (C=O) groups excluding carboxylic acids is 2. The first kappa shape index (κ1) is 16.1. The Kier molecular flexibility index (Phi) is 5.20. The van der Waals surface area contributed by atoms with Gasteiger partial charge < -0.3 is 14.2 Å². The molecule has 0 aromatic heterocycles. The smallest absolute Gasteiger partial charge is 0.317 e. The van der Waals surface area contributed by atoms with Gasteiger partial charge in [-0.15, -0.1) is 0 Å². The van der Waals surface area contributed by atoms with Crippen LogP contribution in [0.15, 0.2) is 36.1 Å². The lowest BCUT2D eigenvalue weighted by Gasteiger charge is -2.25. The van der Waals surface area contributed by atoms with Crippen molar-refractivity contribution in [3.05, 3.63) is 41.7 Å². The molecule has 0 saturated carbocycles. The highest BCUT2D eigenvalue weighted by molar-refractivity contribution is 5.77. The fourth-order valence-electron chi connectivity index (χ4n) is 2.18. The summed E-state index contributed by atoms with van der Waals surface area (Å²) >= 11 is 0. The lowest BCUT2D eigenvalue weighted by atomic mass is 10.0. The molecule has 0 saturated heterocycles. The van der Waals surface area contributed by atoms with Gasteiger partial charge in [-0.05, 0) is 44.0 Å². The minimum absolute atomic E-state index is 0.261. The van der Waals surface area contributed by atoms with Crippen molar-refractivity contribution < 1.29 is 23.8 Å². The van der Waals surface area contributed by atoms with E-state index in [1.54, 1.807) is 27.0 Å². The molecule has 118 valence electrons. The van der Waals surface area contributed by atoms with Crippen LogP contribution < -0.4 is 4.74 Å². The molecule has 1 aliphatic rings. The van der Waals surface area contributed by atoms with E-state index in [1.807, 2.05) is 24.3 Å². The summed E-state index contributed by atoms with van der Waals surface area (Å²) in [6.07, 6.45) is 1.95. The first-order valence-corrected chi connectivity index (χ1v) is 7.22. The number of hydrogen-bond donors (Lipinski definition) is 0. The summed E-state index contributed by atoms with van der Waals surface area (Å²) < 4.78 is 15.4. The van der Waals surface area contributed by atoms with Crippen LogP contribution in [0.3, 0.4) is 0 Å². The van der Waals surface area contributed by atoms with Crippen LogP contribution in [0.1, 0.15) is 25.8 Å². The molecule has 5 heteroatoms. The number of aryl methyl sites for hydroxylation is 1. The van der Waals surface area contributed by atoms with E-state index in [9.17, 15) is 9.59 Å². The molecule has 1 heterocycles. The standard InChI is InChI=1S/C17H20O5/c1-11-10-15(12(2)17(19)21-11)22-16(18)9-6-13-4-7-14(20-3)8-5-13/h4-5,7-8,10,12,15H,6,9H2,1-3H3. The summed E-state index contributed by atoms with van der Waals surface area (Å²) in [6.45, 7) is 3.36. The lowest BCUT2D eigenvalue weighted by molar-refractivity contribution is -0.158. The number of methoxy groups -OCH3 is 1. The van der Waals surface area contributed by atoms with Crippen molar-refractivity contribution in [2.45, 2.75) is 32.8 Å². The summed E-state index contributed by atoms with van der Waals surface area (Å²) in [6, 6.07) is 7.53. The zero-order valence-electron chi connectivity index (χ0n) is 13.0. The van der Waals surface area contributed by atoms with E-state index >= 15 is 0 Å². The van der Waals surface area contributed by atoms with E-state index in [4.69, 9.17) is 14.2 Å². The largest absolute Gasteiger partial charge is 0.497 e. The Morgan fingerprint density at radius 2 is 1.95 bits per heavy atom. The van der Waals surface area contributed by atoms with Gasteiger partial charge in [0.2, 0.25) is 0 Å². The second-order valence-corrected chi connectivity index (χ2v) is 5.29. The van der Waals surface area contributed by atoms with Crippen LogP contribution in [0.2, 0.25) is 0 Å². The van der Waals surface area contributed by atoms with Gasteiger partial charge in [0.25, 0.3) is 0 Å². The van der Waals surface area contributed by atoms with Gasteiger partial charge in [0.15, 0.2) is 0 Å². The lowest BCUT2D eigenvalue weighted by Crippen LogP contribution is -2.34.